The summed E-state index contributed by atoms with van der Waals surface area (Å²) >= 11 is 0. The molecular formula is C10H14O. The number of rotatable bonds is 0. The number of carbonyl (C=O) groups is 1. The molecule has 0 radical (unpaired) electrons. The second-order valence-electron chi connectivity index (χ2n) is 3.93. The molecule has 1 fully saturated rings. The minimum atomic E-state index is -0.0712. The molecule has 1 heteroatoms. The van der Waals surface area contributed by atoms with Gasteiger partial charge in [-0.2, -0.15) is 0 Å². The molecule has 60 valence electrons. The maximum atomic E-state index is 11.5. The van der Waals surface area contributed by atoms with Gasteiger partial charge >= 0.3 is 0 Å². The summed E-state index contributed by atoms with van der Waals surface area (Å²) in [4.78, 5) is 11.5. The van der Waals surface area contributed by atoms with Gasteiger partial charge in [0.2, 0.25) is 0 Å². The molecule has 0 bridgehead atoms. The van der Waals surface area contributed by atoms with Crippen molar-refractivity contribution >= 4 is 5.78 Å². The predicted octanol–water partition coefficient (Wildman–Crippen LogP) is 2.32. The summed E-state index contributed by atoms with van der Waals surface area (Å²) in [6, 6.07) is 0. The van der Waals surface area contributed by atoms with Gasteiger partial charge in [0.05, 0.1) is 0 Å². The first-order valence-electron chi connectivity index (χ1n) is 4.44. The van der Waals surface area contributed by atoms with Crippen LogP contribution in [-0.4, -0.2) is 5.78 Å². The second-order valence-corrected chi connectivity index (χ2v) is 3.93. The summed E-state index contributed by atoms with van der Waals surface area (Å²) in [5.41, 5.74) is -0.0712. The smallest absolute Gasteiger partial charge is 0.142 e. The highest BCUT2D eigenvalue weighted by Crippen LogP contribution is 2.45. The minimum Gasteiger partial charge on any atom is -0.299 e. The van der Waals surface area contributed by atoms with Gasteiger partial charge in [-0.1, -0.05) is 12.2 Å². The Labute approximate surface area is 67.5 Å². The first-order chi connectivity index (χ1) is 5.23. The van der Waals surface area contributed by atoms with Crippen molar-refractivity contribution in [1.82, 2.24) is 0 Å². The number of hydrogen-bond acceptors (Lipinski definition) is 1. The van der Waals surface area contributed by atoms with E-state index in [9.17, 15) is 4.79 Å². The summed E-state index contributed by atoms with van der Waals surface area (Å²) in [6.07, 6.45) is 8.59. The Hall–Kier alpha value is -0.590. The Morgan fingerprint density at radius 3 is 3.18 bits per heavy atom. The van der Waals surface area contributed by atoms with Gasteiger partial charge in [0.15, 0.2) is 0 Å². The van der Waals surface area contributed by atoms with Gasteiger partial charge in [0, 0.05) is 11.8 Å². The van der Waals surface area contributed by atoms with Gasteiger partial charge < -0.3 is 0 Å². The molecule has 1 saturated carbocycles. The largest absolute Gasteiger partial charge is 0.299 e. The van der Waals surface area contributed by atoms with Crippen LogP contribution in [0.2, 0.25) is 0 Å². The Bertz CT molecular complexity index is 217. The zero-order valence-electron chi connectivity index (χ0n) is 6.97. The quantitative estimate of drug-likeness (QED) is 0.484. The molecule has 0 N–H and O–H groups in total. The van der Waals surface area contributed by atoms with Crippen LogP contribution in [0.1, 0.15) is 32.6 Å². The van der Waals surface area contributed by atoms with Gasteiger partial charge in [-0.05, 0) is 32.1 Å². The second kappa shape index (κ2) is 2.20. The van der Waals surface area contributed by atoms with Crippen LogP contribution in [0, 0.1) is 11.3 Å². The van der Waals surface area contributed by atoms with Crippen molar-refractivity contribution in [3.8, 4) is 0 Å². The van der Waals surface area contributed by atoms with Crippen LogP contribution < -0.4 is 0 Å². The van der Waals surface area contributed by atoms with E-state index in [1.165, 1.54) is 6.42 Å². The van der Waals surface area contributed by atoms with Crippen LogP contribution in [0.25, 0.3) is 0 Å². The van der Waals surface area contributed by atoms with Crippen LogP contribution in [0.15, 0.2) is 12.2 Å². The first-order valence-corrected chi connectivity index (χ1v) is 4.44. The third-order valence-corrected chi connectivity index (χ3v) is 3.29. The molecule has 1 nitrogen and oxygen atoms in total. The maximum absolute atomic E-state index is 11.5. The van der Waals surface area contributed by atoms with Gasteiger partial charge in [0.1, 0.15) is 5.78 Å². The van der Waals surface area contributed by atoms with Crippen molar-refractivity contribution in [2.24, 2.45) is 11.3 Å². The molecule has 0 aliphatic heterocycles. The fraction of sp³-hybridized carbons (Fsp3) is 0.700. The van der Waals surface area contributed by atoms with Crippen molar-refractivity contribution in [3.63, 3.8) is 0 Å². The standard InChI is InChI=1S/C10H14O/c1-10-7-3-5-8(10)4-2-6-9(10)11/h3,7-8H,2,4-6H2,1H3/t8-,10+/m0/s1. The zero-order valence-corrected chi connectivity index (χ0v) is 6.97. The summed E-state index contributed by atoms with van der Waals surface area (Å²) < 4.78 is 0. The van der Waals surface area contributed by atoms with E-state index >= 15 is 0 Å². The lowest BCUT2D eigenvalue weighted by molar-refractivity contribution is -0.129. The van der Waals surface area contributed by atoms with Gasteiger partial charge in [-0.3, -0.25) is 4.79 Å². The Balaban J connectivity index is 2.30. The Kier molecular flexibility index (Phi) is 1.41. The van der Waals surface area contributed by atoms with Gasteiger partial charge in [-0.25, -0.2) is 0 Å². The third-order valence-electron chi connectivity index (χ3n) is 3.29. The van der Waals surface area contributed by atoms with E-state index in [1.807, 2.05) is 0 Å². The monoisotopic (exact) mass is 150 g/mol. The van der Waals surface area contributed by atoms with E-state index in [4.69, 9.17) is 0 Å². The molecule has 0 heterocycles. The number of fused-ring (bicyclic) bond motifs is 1. The van der Waals surface area contributed by atoms with Crippen LogP contribution in [-0.2, 0) is 4.79 Å². The van der Waals surface area contributed by atoms with E-state index in [2.05, 4.69) is 19.1 Å². The molecule has 0 unspecified atom stereocenters. The minimum absolute atomic E-state index is 0.0712. The molecule has 2 atom stereocenters. The summed E-state index contributed by atoms with van der Waals surface area (Å²) in [5, 5.41) is 0. The molecule has 2 aliphatic rings. The van der Waals surface area contributed by atoms with Crippen LogP contribution in [0.3, 0.4) is 0 Å². The summed E-state index contributed by atoms with van der Waals surface area (Å²) in [6.45, 7) is 2.10. The average molecular weight is 150 g/mol. The topological polar surface area (TPSA) is 17.1 Å². The van der Waals surface area contributed by atoms with Crippen molar-refractivity contribution in [1.29, 1.82) is 0 Å². The van der Waals surface area contributed by atoms with Crippen molar-refractivity contribution in [2.45, 2.75) is 32.6 Å². The van der Waals surface area contributed by atoms with Gasteiger partial charge in [-0.15, -0.1) is 0 Å². The lowest BCUT2D eigenvalue weighted by Crippen LogP contribution is -2.34. The molecule has 2 rings (SSSR count). The van der Waals surface area contributed by atoms with E-state index in [0.717, 1.165) is 19.3 Å². The van der Waals surface area contributed by atoms with Crippen LogP contribution >= 0.6 is 0 Å². The van der Waals surface area contributed by atoms with E-state index < -0.39 is 0 Å². The zero-order chi connectivity index (χ0) is 7.90. The first kappa shape index (κ1) is 7.08. The molecule has 0 aromatic rings. The van der Waals surface area contributed by atoms with Crippen LogP contribution in [0.5, 0.6) is 0 Å². The van der Waals surface area contributed by atoms with Crippen molar-refractivity contribution in [3.05, 3.63) is 12.2 Å². The third kappa shape index (κ3) is 0.867. The molecule has 0 aromatic carbocycles. The van der Waals surface area contributed by atoms with Crippen molar-refractivity contribution in [2.75, 3.05) is 0 Å². The molecule has 11 heavy (non-hydrogen) atoms. The highest BCUT2D eigenvalue weighted by atomic mass is 16.1. The number of carbonyl (C=O) groups excluding carboxylic acids is 1. The number of allylic oxidation sites excluding steroid dienone is 2. The summed E-state index contributed by atoms with van der Waals surface area (Å²) in [7, 11) is 0. The predicted molar refractivity (Wildman–Crippen MR) is 44.2 cm³/mol. The molecule has 0 saturated heterocycles. The molecule has 2 aliphatic carbocycles. The maximum Gasteiger partial charge on any atom is 0.142 e. The fourth-order valence-corrected chi connectivity index (χ4v) is 2.37. The lowest BCUT2D eigenvalue weighted by Gasteiger charge is -2.33. The fourth-order valence-electron chi connectivity index (χ4n) is 2.37. The van der Waals surface area contributed by atoms with Crippen LogP contribution in [0.4, 0.5) is 0 Å². The summed E-state index contributed by atoms with van der Waals surface area (Å²) in [5.74, 6) is 1.09. The van der Waals surface area contributed by atoms with E-state index in [1.54, 1.807) is 0 Å². The van der Waals surface area contributed by atoms with Gasteiger partial charge in [0.25, 0.3) is 0 Å². The highest BCUT2D eigenvalue weighted by Gasteiger charge is 2.42. The SMILES string of the molecule is C[C@@]12C=CC[C@@H]1CCCC2=O. The number of Topliss-reactive ketones (excluding diaryl/α,β-unsaturated/α-hetero) is 1. The molecule has 0 aromatic heterocycles. The Morgan fingerprint density at radius 1 is 1.64 bits per heavy atom. The van der Waals surface area contributed by atoms with E-state index in [-0.39, 0.29) is 5.41 Å². The molecule has 0 spiro atoms. The molecule has 0 amide bonds. The number of hydrogen-bond donors (Lipinski definition) is 0. The highest BCUT2D eigenvalue weighted by molar-refractivity contribution is 5.87. The van der Waals surface area contributed by atoms with Crippen molar-refractivity contribution < 1.29 is 4.79 Å². The van der Waals surface area contributed by atoms with E-state index in [0.29, 0.717) is 11.7 Å². The lowest BCUT2D eigenvalue weighted by atomic mass is 9.69. The molecular weight excluding hydrogens is 136 g/mol. The number of ketones is 1. The normalized spacial score (nSPS) is 42.6. The average Bonchev–Trinajstić information content (AvgIpc) is 2.34. The Morgan fingerprint density at radius 2 is 2.45 bits per heavy atom.